The normalized spacial score (nSPS) is 11.8. The zero-order valence-electron chi connectivity index (χ0n) is 12.0. The molecule has 1 aromatic carbocycles. The van der Waals surface area contributed by atoms with E-state index < -0.39 is 10.0 Å². The molecule has 0 atom stereocenters. The van der Waals surface area contributed by atoms with Gasteiger partial charge in [-0.05, 0) is 65.5 Å². The molecule has 1 aromatic rings. The molecule has 0 aliphatic heterocycles. The molecule has 0 aliphatic rings. The highest BCUT2D eigenvalue weighted by molar-refractivity contribution is 9.10. The Balaban J connectivity index is 2.98. The van der Waals surface area contributed by atoms with Gasteiger partial charge in [-0.2, -0.15) is 11.8 Å². The molecule has 0 amide bonds. The first-order valence-corrected chi connectivity index (χ1v) is 10.0. The third-order valence-electron chi connectivity index (χ3n) is 2.77. The minimum absolute atomic E-state index is 0.312. The molecule has 4 nitrogen and oxygen atoms in total. The second kappa shape index (κ2) is 8.38. The van der Waals surface area contributed by atoms with Crippen molar-refractivity contribution in [1.82, 2.24) is 10.0 Å². The lowest BCUT2D eigenvalue weighted by Crippen LogP contribution is -2.26. The van der Waals surface area contributed by atoms with Crippen LogP contribution in [0.5, 0.6) is 0 Å². The fraction of sp³-hybridized carbons (Fsp3) is 0.538. The summed E-state index contributed by atoms with van der Waals surface area (Å²) in [5.41, 5.74) is 1.87. The van der Waals surface area contributed by atoms with Crippen molar-refractivity contribution in [3.8, 4) is 0 Å². The van der Waals surface area contributed by atoms with E-state index in [4.69, 9.17) is 0 Å². The number of thioether (sulfide) groups is 1. The molecule has 0 fully saturated rings. The van der Waals surface area contributed by atoms with E-state index in [9.17, 15) is 8.42 Å². The van der Waals surface area contributed by atoms with Gasteiger partial charge in [0.25, 0.3) is 0 Å². The second-order valence-corrected chi connectivity index (χ2v) is 8.01. The first-order valence-electron chi connectivity index (χ1n) is 6.34. The third kappa shape index (κ3) is 5.04. The number of nitrogens with one attached hydrogen (secondary N) is 2. The molecule has 1 rings (SSSR count). The highest BCUT2D eigenvalue weighted by atomic mass is 79.9. The Morgan fingerprint density at radius 3 is 2.65 bits per heavy atom. The maximum atomic E-state index is 12.4. The van der Waals surface area contributed by atoms with Gasteiger partial charge in [0.1, 0.15) is 0 Å². The smallest absolute Gasteiger partial charge is 0.241 e. The molecule has 0 saturated heterocycles. The minimum Gasteiger partial charge on any atom is -0.316 e. The van der Waals surface area contributed by atoms with Crippen molar-refractivity contribution in [2.45, 2.75) is 24.8 Å². The molecule has 7 heteroatoms. The van der Waals surface area contributed by atoms with Crippen molar-refractivity contribution < 1.29 is 8.42 Å². The number of aryl methyl sites for hydroxylation is 1. The van der Waals surface area contributed by atoms with Gasteiger partial charge in [0.05, 0.1) is 4.90 Å². The number of halogens is 1. The van der Waals surface area contributed by atoms with Crippen molar-refractivity contribution in [2.24, 2.45) is 0 Å². The highest BCUT2D eigenvalue weighted by Crippen LogP contribution is 2.27. The molecular formula is C13H21BrN2O2S2. The van der Waals surface area contributed by atoms with Crippen LogP contribution in [0.4, 0.5) is 0 Å². The summed E-state index contributed by atoms with van der Waals surface area (Å²) in [6.07, 6.45) is 2.84. The van der Waals surface area contributed by atoms with Crippen LogP contribution in [0.15, 0.2) is 21.5 Å². The number of sulfonamides is 1. The largest absolute Gasteiger partial charge is 0.316 e. The zero-order valence-corrected chi connectivity index (χ0v) is 15.2. The molecule has 0 saturated carbocycles. The molecule has 0 aromatic heterocycles. The van der Waals surface area contributed by atoms with Crippen LogP contribution in [0.25, 0.3) is 0 Å². The second-order valence-electron chi connectivity index (χ2n) is 4.50. The molecule has 0 bridgehead atoms. The molecular weight excluding hydrogens is 360 g/mol. The SMILES string of the molecule is CNCc1cc(C)c(Br)c(S(=O)(=O)NCCCSC)c1. The van der Waals surface area contributed by atoms with Crippen LogP contribution < -0.4 is 10.0 Å². The van der Waals surface area contributed by atoms with Crippen LogP contribution in [0, 0.1) is 6.92 Å². The lowest BCUT2D eigenvalue weighted by Gasteiger charge is -2.12. The Morgan fingerprint density at radius 1 is 1.35 bits per heavy atom. The van der Waals surface area contributed by atoms with Crippen LogP contribution in [-0.2, 0) is 16.6 Å². The van der Waals surface area contributed by atoms with Crippen LogP contribution in [0.1, 0.15) is 17.5 Å². The van der Waals surface area contributed by atoms with Gasteiger partial charge >= 0.3 is 0 Å². The van der Waals surface area contributed by atoms with Gasteiger partial charge in [0, 0.05) is 17.6 Å². The van der Waals surface area contributed by atoms with Crippen molar-refractivity contribution >= 4 is 37.7 Å². The van der Waals surface area contributed by atoms with Gasteiger partial charge in [0.15, 0.2) is 0 Å². The van der Waals surface area contributed by atoms with Crippen molar-refractivity contribution in [2.75, 3.05) is 25.6 Å². The molecule has 0 unspecified atom stereocenters. The average molecular weight is 381 g/mol. The predicted molar refractivity (Wildman–Crippen MR) is 89.8 cm³/mol. The standard InChI is InChI=1S/C13H21BrN2O2S2/c1-10-7-11(9-15-2)8-12(13(10)14)20(17,18)16-5-4-6-19-3/h7-8,15-16H,4-6,9H2,1-3H3. The Hall–Kier alpha value is -0.0800. The summed E-state index contributed by atoms with van der Waals surface area (Å²) >= 11 is 5.09. The lowest BCUT2D eigenvalue weighted by atomic mass is 10.1. The average Bonchev–Trinajstić information content (AvgIpc) is 2.39. The van der Waals surface area contributed by atoms with Crippen molar-refractivity contribution in [1.29, 1.82) is 0 Å². The van der Waals surface area contributed by atoms with E-state index in [2.05, 4.69) is 26.0 Å². The first kappa shape index (κ1) is 18.0. The molecule has 20 heavy (non-hydrogen) atoms. The quantitative estimate of drug-likeness (QED) is 0.680. The fourth-order valence-corrected chi connectivity index (χ4v) is 4.38. The van der Waals surface area contributed by atoms with Crippen LogP contribution in [-0.4, -0.2) is 34.0 Å². The number of benzene rings is 1. The number of hydrogen-bond acceptors (Lipinski definition) is 4. The van der Waals surface area contributed by atoms with Gasteiger partial charge in [-0.1, -0.05) is 6.07 Å². The zero-order chi connectivity index (χ0) is 15.2. The highest BCUT2D eigenvalue weighted by Gasteiger charge is 2.19. The van der Waals surface area contributed by atoms with E-state index in [0.29, 0.717) is 22.5 Å². The van der Waals surface area contributed by atoms with E-state index in [1.807, 2.05) is 26.3 Å². The molecule has 2 N–H and O–H groups in total. The molecule has 0 aliphatic carbocycles. The van der Waals surface area contributed by atoms with Gasteiger partial charge < -0.3 is 5.32 Å². The summed E-state index contributed by atoms with van der Waals surface area (Å²) in [6, 6.07) is 3.69. The fourth-order valence-electron chi connectivity index (χ4n) is 1.81. The van der Waals surface area contributed by atoms with Crippen molar-refractivity contribution in [3.05, 3.63) is 27.7 Å². The Labute approximate surface area is 134 Å². The topological polar surface area (TPSA) is 58.2 Å². The minimum atomic E-state index is -3.47. The van der Waals surface area contributed by atoms with Gasteiger partial charge in [-0.3, -0.25) is 0 Å². The molecule has 0 heterocycles. The first-order chi connectivity index (χ1) is 9.42. The Kier molecular flexibility index (Phi) is 7.53. The molecule has 0 radical (unpaired) electrons. The summed E-state index contributed by atoms with van der Waals surface area (Å²) < 4.78 is 28.0. The van der Waals surface area contributed by atoms with Crippen LogP contribution in [0.2, 0.25) is 0 Å². The summed E-state index contributed by atoms with van der Waals surface area (Å²) in [7, 11) is -1.63. The Morgan fingerprint density at radius 2 is 2.05 bits per heavy atom. The summed E-state index contributed by atoms with van der Waals surface area (Å²) in [5, 5.41) is 3.04. The van der Waals surface area contributed by atoms with Gasteiger partial charge in [-0.25, -0.2) is 13.1 Å². The molecule has 0 spiro atoms. The molecule has 114 valence electrons. The number of hydrogen-bond donors (Lipinski definition) is 2. The number of rotatable bonds is 8. The predicted octanol–water partition coefficient (Wildman–Crippen LogP) is 2.51. The van der Waals surface area contributed by atoms with E-state index in [1.54, 1.807) is 17.8 Å². The summed E-state index contributed by atoms with van der Waals surface area (Å²) in [6.45, 7) is 3.00. The van der Waals surface area contributed by atoms with Crippen LogP contribution >= 0.6 is 27.7 Å². The van der Waals surface area contributed by atoms with E-state index >= 15 is 0 Å². The maximum absolute atomic E-state index is 12.4. The maximum Gasteiger partial charge on any atom is 0.241 e. The summed E-state index contributed by atoms with van der Waals surface area (Å²) in [4.78, 5) is 0.312. The van der Waals surface area contributed by atoms with E-state index in [-0.39, 0.29) is 0 Å². The summed E-state index contributed by atoms with van der Waals surface area (Å²) in [5.74, 6) is 0.947. The van der Waals surface area contributed by atoms with Crippen LogP contribution in [0.3, 0.4) is 0 Å². The monoisotopic (exact) mass is 380 g/mol. The van der Waals surface area contributed by atoms with Gasteiger partial charge in [-0.15, -0.1) is 0 Å². The lowest BCUT2D eigenvalue weighted by molar-refractivity contribution is 0.580. The third-order valence-corrected chi connectivity index (χ3v) is 6.27. The van der Waals surface area contributed by atoms with E-state index in [0.717, 1.165) is 23.3 Å². The van der Waals surface area contributed by atoms with Gasteiger partial charge in [0.2, 0.25) is 10.0 Å². The van der Waals surface area contributed by atoms with E-state index in [1.165, 1.54) is 0 Å². The van der Waals surface area contributed by atoms with Crippen molar-refractivity contribution in [3.63, 3.8) is 0 Å². The Bertz CT molecular complexity index is 548.